The van der Waals surface area contributed by atoms with E-state index >= 15 is 0 Å². The third-order valence-electron chi connectivity index (χ3n) is 4.86. The molecule has 132 valence electrons. The molecule has 1 aliphatic rings. The maximum absolute atomic E-state index is 12.1. The van der Waals surface area contributed by atoms with E-state index in [0.29, 0.717) is 25.5 Å². The Hall–Kier alpha value is -2.29. The zero-order valence-corrected chi connectivity index (χ0v) is 14.7. The van der Waals surface area contributed by atoms with Gasteiger partial charge in [0.15, 0.2) is 0 Å². The Morgan fingerprint density at radius 3 is 2.36 bits per heavy atom. The van der Waals surface area contributed by atoms with Gasteiger partial charge in [0.25, 0.3) is 0 Å². The molecular formula is C22H27NO2. The van der Waals surface area contributed by atoms with Gasteiger partial charge >= 0.3 is 0 Å². The SMILES string of the molecule is O=C(CC1CCCCC1)NCc1ccc(OCc2ccccc2)cc1. The van der Waals surface area contributed by atoms with Gasteiger partial charge in [0.1, 0.15) is 12.4 Å². The fourth-order valence-corrected chi connectivity index (χ4v) is 3.37. The molecule has 25 heavy (non-hydrogen) atoms. The van der Waals surface area contributed by atoms with Crippen LogP contribution in [0.15, 0.2) is 54.6 Å². The van der Waals surface area contributed by atoms with Gasteiger partial charge in [0.2, 0.25) is 5.91 Å². The minimum absolute atomic E-state index is 0.177. The molecule has 1 N–H and O–H groups in total. The third kappa shape index (κ3) is 5.93. The smallest absolute Gasteiger partial charge is 0.220 e. The molecule has 3 rings (SSSR count). The Morgan fingerprint density at radius 1 is 0.920 bits per heavy atom. The van der Waals surface area contributed by atoms with Crippen LogP contribution in [-0.4, -0.2) is 5.91 Å². The lowest BCUT2D eigenvalue weighted by atomic mass is 9.87. The number of carbonyl (C=O) groups excluding carboxylic acids is 1. The summed E-state index contributed by atoms with van der Waals surface area (Å²) in [5, 5.41) is 3.04. The van der Waals surface area contributed by atoms with E-state index < -0.39 is 0 Å². The first-order valence-electron chi connectivity index (χ1n) is 9.32. The van der Waals surface area contributed by atoms with Crippen molar-refractivity contribution in [3.05, 3.63) is 65.7 Å². The summed E-state index contributed by atoms with van der Waals surface area (Å²) in [6, 6.07) is 18.1. The molecule has 1 saturated carbocycles. The number of ether oxygens (including phenoxy) is 1. The van der Waals surface area contributed by atoms with Crippen LogP contribution in [0.3, 0.4) is 0 Å². The molecule has 0 atom stereocenters. The highest BCUT2D eigenvalue weighted by molar-refractivity contribution is 5.76. The van der Waals surface area contributed by atoms with E-state index in [-0.39, 0.29) is 5.91 Å². The van der Waals surface area contributed by atoms with E-state index in [9.17, 15) is 4.79 Å². The number of amides is 1. The molecular weight excluding hydrogens is 310 g/mol. The predicted molar refractivity (Wildman–Crippen MR) is 100 cm³/mol. The largest absolute Gasteiger partial charge is 0.489 e. The van der Waals surface area contributed by atoms with Gasteiger partial charge in [0.05, 0.1) is 0 Å². The topological polar surface area (TPSA) is 38.3 Å². The average Bonchev–Trinajstić information content (AvgIpc) is 2.67. The molecule has 0 aromatic heterocycles. The van der Waals surface area contributed by atoms with Crippen molar-refractivity contribution < 1.29 is 9.53 Å². The molecule has 0 spiro atoms. The van der Waals surface area contributed by atoms with Gasteiger partial charge in [0, 0.05) is 13.0 Å². The van der Waals surface area contributed by atoms with Gasteiger partial charge < -0.3 is 10.1 Å². The van der Waals surface area contributed by atoms with E-state index in [1.807, 2.05) is 42.5 Å². The van der Waals surface area contributed by atoms with E-state index in [1.54, 1.807) is 0 Å². The zero-order valence-electron chi connectivity index (χ0n) is 14.7. The number of hydrogen-bond acceptors (Lipinski definition) is 2. The van der Waals surface area contributed by atoms with Gasteiger partial charge in [-0.15, -0.1) is 0 Å². The van der Waals surface area contributed by atoms with E-state index in [4.69, 9.17) is 4.74 Å². The summed E-state index contributed by atoms with van der Waals surface area (Å²) in [6.45, 7) is 1.16. The fraction of sp³-hybridized carbons (Fsp3) is 0.409. The van der Waals surface area contributed by atoms with Gasteiger partial charge in [-0.3, -0.25) is 4.79 Å². The molecule has 0 aliphatic heterocycles. The number of benzene rings is 2. The van der Waals surface area contributed by atoms with Crippen LogP contribution in [-0.2, 0) is 17.9 Å². The molecule has 0 radical (unpaired) electrons. The molecule has 1 aliphatic carbocycles. The van der Waals surface area contributed by atoms with Gasteiger partial charge in [-0.25, -0.2) is 0 Å². The molecule has 2 aromatic carbocycles. The van der Waals surface area contributed by atoms with E-state index in [0.717, 1.165) is 16.9 Å². The summed E-state index contributed by atoms with van der Waals surface area (Å²) in [5.41, 5.74) is 2.26. The van der Waals surface area contributed by atoms with Crippen molar-refractivity contribution in [2.45, 2.75) is 51.7 Å². The maximum atomic E-state index is 12.1. The minimum Gasteiger partial charge on any atom is -0.489 e. The minimum atomic E-state index is 0.177. The molecule has 0 bridgehead atoms. The van der Waals surface area contributed by atoms with Crippen molar-refractivity contribution in [3.8, 4) is 5.75 Å². The molecule has 0 unspecified atom stereocenters. The van der Waals surface area contributed by atoms with Crippen molar-refractivity contribution >= 4 is 5.91 Å². The zero-order chi connectivity index (χ0) is 17.3. The first-order valence-corrected chi connectivity index (χ1v) is 9.32. The fourth-order valence-electron chi connectivity index (χ4n) is 3.37. The lowest BCUT2D eigenvalue weighted by molar-refractivity contribution is -0.122. The van der Waals surface area contributed by atoms with Crippen LogP contribution in [0.5, 0.6) is 5.75 Å². The quantitative estimate of drug-likeness (QED) is 0.784. The van der Waals surface area contributed by atoms with Crippen molar-refractivity contribution in [2.75, 3.05) is 0 Å². The molecule has 2 aromatic rings. The Kier molecular flexibility index (Phi) is 6.49. The summed E-state index contributed by atoms with van der Waals surface area (Å²) in [6.07, 6.45) is 6.99. The van der Waals surface area contributed by atoms with Gasteiger partial charge in [-0.2, -0.15) is 0 Å². The Bertz CT molecular complexity index is 645. The lowest BCUT2D eigenvalue weighted by Crippen LogP contribution is -2.25. The first kappa shape index (κ1) is 17.5. The average molecular weight is 337 g/mol. The van der Waals surface area contributed by atoms with Crippen molar-refractivity contribution in [2.24, 2.45) is 5.92 Å². The van der Waals surface area contributed by atoms with Crippen LogP contribution in [0.1, 0.15) is 49.7 Å². The highest BCUT2D eigenvalue weighted by Gasteiger charge is 2.16. The number of nitrogens with one attached hydrogen (secondary N) is 1. The third-order valence-corrected chi connectivity index (χ3v) is 4.86. The Labute approximate surface area is 150 Å². The van der Waals surface area contributed by atoms with Crippen LogP contribution in [0.25, 0.3) is 0 Å². The summed E-state index contributed by atoms with van der Waals surface area (Å²) in [5.74, 6) is 1.61. The van der Waals surface area contributed by atoms with Crippen LogP contribution in [0.2, 0.25) is 0 Å². The molecule has 0 saturated heterocycles. The number of rotatable bonds is 7. The summed E-state index contributed by atoms with van der Waals surface area (Å²) >= 11 is 0. The molecule has 3 nitrogen and oxygen atoms in total. The molecule has 1 fully saturated rings. The lowest BCUT2D eigenvalue weighted by Gasteiger charge is -2.20. The highest BCUT2D eigenvalue weighted by Crippen LogP contribution is 2.26. The van der Waals surface area contributed by atoms with E-state index in [1.165, 1.54) is 32.1 Å². The molecule has 0 heterocycles. The Balaban J connectivity index is 1.40. The summed E-state index contributed by atoms with van der Waals surface area (Å²) < 4.78 is 5.79. The van der Waals surface area contributed by atoms with Crippen LogP contribution < -0.4 is 10.1 Å². The standard InChI is InChI=1S/C22H27NO2/c24-22(15-18-7-3-1-4-8-18)23-16-19-11-13-21(14-12-19)25-17-20-9-5-2-6-10-20/h2,5-6,9-14,18H,1,3-4,7-8,15-17H2,(H,23,24). The second-order valence-corrected chi connectivity index (χ2v) is 6.90. The number of carbonyl (C=O) groups is 1. The van der Waals surface area contributed by atoms with Crippen molar-refractivity contribution in [1.29, 1.82) is 0 Å². The molecule has 1 amide bonds. The monoisotopic (exact) mass is 337 g/mol. The maximum Gasteiger partial charge on any atom is 0.220 e. The Morgan fingerprint density at radius 2 is 1.64 bits per heavy atom. The predicted octanol–water partition coefficient (Wildman–Crippen LogP) is 4.85. The number of hydrogen-bond donors (Lipinski definition) is 1. The van der Waals surface area contributed by atoms with Crippen LogP contribution in [0.4, 0.5) is 0 Å². The normalized spacial score (nSPS) is 14.9. The van der Waals surface area contributed by atoms with E-state index in [2.05, 4.69) is 17.4 Å². The van der Waals surface area contributed by atoms with Gasteiger partial charge in [-0.05, 0) is 42.0 Å². The van der Waals surface area contributed by atoms with Crippen LogP contribution in [0, 0.1) is 5.92 Å². The first-order chi connectivity index (χ1) is 12.3. The highest BCUT2D eigenvalue weighted by atomic mass is 16.5. The second-order valence-electron chi connectivity index (χ2n) is 6.90. The second kappa shape index (κ2) is 9.26. The summed E-state index contributed by atoms with van der Waals surface area (Å²) in [4.78, 5) is 12.1. The molecule has 3 heteroatoms. The summed E-state index contributed by atoms with van der Waals surface area (Å²) in [7, 11) is 0. The van der Waals surface area contributed by atoms with Gasteiger partial charge in [-0.1, -0.05) is 61.7 Å². The van der Waals surface area contributed by atoms with Crippen molar-refractivity contribution in [1.82, 2.24) is 5.32 Å². The van der Waals surface area contributed by atoms with Crippen molar-refractivity contribution in [3.63, 3.8) is 0 Å². The van der Waals surface area contributed by atoms with Crippen LogP contribution >= 0.6 is 0 Å².